The Morgan fingerprint density at radius 2 is 2.25 bits per heavy atom. The Balaban J connectivity index is 2.23. The normalized spacial score (nSPS) is 18.9. The molecule has 0 amide bonds. The summed E-state index contributed by atoms with van der Waals surface area (Å²) in [6.07, 6.45) is 1.27. The molecule has 1 fully saturated rings. The van der Waals surface area contributed by atoms with Gasteiger partial charge in [-0.15, -0.1) is 0 Å². The molecule has 0 bridgehead atoms. The highest BCUT2D eigenvalue weighted by Gasteiger charge is 2.25. The van der Waals surface area contributed by atoms with Gasteiger partial charge >= 0.3 is 0 Å². The number of aromatic nitrogens is 1. The number of nitrogens with zero attached hydrogens (tertiary/aromatic N) is 1. The summed E-state index contributed by atoms with van der Waals surface area (Å²) in [5, 5.41) is 1.04. The third-order valence-corrected chi connectivity index (χ3v) is 3.19. The van der Waals surface area contributed by atoms with E-state index in [1.165, 1.54) is 0 Å². The topological polar surface area (TPSA) is 34.5 Å². The summed E-state index contributed by atoms with van der Waals surface area (Å²) in [5.41, 5.74) is 2.96. The van der Waals surface area contributed by atoms with Gasteiger partial charge < -0.3 is 9.30 Å². The van der Waals surface area contributed by atoms with Crippen molar-refractivity contribution >= 4 is 17.2 Å². The monoisotopic (exact) mass is 215 g/mol. The number of benzene rings is 1. The van der Waals surface area contributed by atoms with Gasteiger partial charge in [-0.25, -0.2) is 0 Å². The minimum atomic E-state index is 0.328. The number of hydrogen-bond donors (Lipinski definition) is 0. The fraction of sp³-hybridized carbons (Fsp3) is 0.308. The summed E-state index contributed by atoms with van der Waals surface area (Å²) in [4.78, 5) is 11.1. The van der Waals surface area contributed by atoms with Crippen LogP contribution in [-0.4, -0.2) is 23.6 Å². The van der Waals surface area contributed by atoms with E-state index < -0.39 is 0 Å². The van der Waals surface area contributed by atoms with Crippen LogP contribution in [0.3, 0.4) is 0 Å². The predicted molar refractivity (Wildman–Crippen MR) is 61.8 cm³/mol. The molecule has 0 radical (unpaired) electrons. The van der Waals surface area contributed by atoms with Crippen molar-refractivity contribution in [3.8, 4) is 0 Å². The fourth-order valence-corrected chi connectivity index (χ4v) is 2.22. The average Bonchev–Trinajstić information content (AvgIpc) is 3.07. The highest BCUT2D eigenvalue weighted by Crippen LogP contribution is 2.26. The number of fused-ring (bicyclic) bond motifs is 1. The van der Waals surface area contributed by atoms with Crippen LogP contribution in [0.5, 0.6) is 0 Å². The molecule has 0 N–H and O–H groups in total. The number of hydrogen-bond acceptors (Lipinski definition) is 2. The van der Waals surface area contributed by atoms with Crippen LogP contribution in [0, 0.1) is 6.92 Å². The molecule has 1 aliphatic rings. The third kappa shape index (κ3) is 1.36. The zero-order chi connectivity index (χ0) is 11.1. The van der Waals surface area contributed by atoms with E-state index in [0.717, 1.165) is 41.6 Å². The lowest BCUT2D eigenvalue weighted by atomic mass is 10.1. The lowest BCUT2D eigenvalue weighted by molar-refractivity contribution is 0.112. The zero-order valence-electron chi connectivity index (χ0n) is 9.14. The van der Waals surface area contributed by atoms with Crippen molar-refractivity contribution in [1.82, 2.24) is 4.57 Å². The third-order valence-electron chi connectivity index (χ3n) is 3.19. The standard InChI is InChI=1S/C13H13NO2/c1-9-12(7-15)11-4-2-3-5-13(11)14(9)6-10-8-16-10/h2-5,7,10H,6,8H2,1H3/t10-/m0/s1. The molecule has 0 saturated carbocycles. The van der Waals surface area contributed by atoms with Gasteiger partial charge in [0.15, 0.2) is 6.29 Å². The highest BCUT2D eigenvalue weighted by atomic mass is 16.6. The number of carbonyl (C=O) groups excluding carboxylic acids is 1. The number of para-hydroxylation sites is 1. The van der Waals surface area contributed by atoms with E-state index >= 15 is 0 Å². The Morgan fingerprint density at radius 3 is 2.94 bits per heavy atom. The first-order valence-corrected chi connectivity index (χ1v) is 5.46. The van der Waals surface area contributed by atoms with Crippen molar-refractivity contribution in [2.45, 2.75) is 19.6 Å². The first-order chi connectivity index (χ1) is 7.81. The lowest BCUT2D eigenvalue weighted by Crippen LogP contribution is -2.05. The van der Waals surface area contributed by atoms with Gasteiger partial charge in [0.05, 0.1) is 19.3 Å². The van der Waals surface area contributed by atoms with Crippen molar-refractivity contribution in [2.75, 3.05) is 6.61 Å². The second kappa shape index (κ2) is 3.46. The largest absolute Gasteiger partial charge is 0.371 e. The molecular formula is C13H13NO2. The molecule has 2 aromatic rings. The van der Waals surface area contributed by atoms with E-state index in [2.05, 4.69) is 10.6 Å². The van der Waals surface area contributed by atoms with Crippen LogP contribution in [0.15, 0.2) is 24.3 Å². The highest BCUT2D eigenvalue weighted by molar-refractivity contribution is 5.99. The molecule has 1 atom stereocenters. The molecule has 0 aliphatic carbocycles. The number of epoxide rings is 1. The number of carbonyl (C=O) groups is 1. The van der Waals surface area contributed by atoms with Gasteiger partial charge in [-0.05, 0) is 13.0 Å². The summed E-state index contributed by atoms with van der Waals surface area (Å²) in [6.45, 7) is 3.68. The van der Waals surface area contributed by atoms with Crippen LogP contribution >= 0.6 is 0 Å². The summed E-state index contributed by atoms with van der Waals surface area (Å²) < 4.78 is 7.43. The first-order valence-electron chi connectivity index (χ1n) is 5.46. The molecule has 1 aromatic carbocycles. The molecule has 3 heteroatoms. The Bertz CT molecular complexity index is 552. The summed E-state index contributed by atoms with van der Waals surface area (Å²) in [6, 6.07) is 8.02. The summed E-state index contributed by atoms with van der Waals surface area (Å²) >= 11 is 0. The average molecular weight is 215 g/mol. The van der Waals surface area contributed by atoms with E-state index in [9.17, 15) is 4.79 Å². The van der Waals surface area contributed by atoms with Gasteiger partial charge in [0.25, 0.3) is 0 Å². The van der Waals surface area contributed by atoms with Gasteiger partial charge in [-0.2, -0.15) is 0 Å². The van der Waals surface area contributed by atoms with Gasteiger partial charge in [-0.1, -0.05) is 18.2 Å². The smallest absolute Gasteiger partial charge is 0.152 e. The van der Waals surface area contributed by atoms with Crippen LogP contribution in [0.25, 0.3) is 10.9 Å². The maximum Gasteiger partial charge on any atom is 0.152 e. The van der Waals surface area contributed by atoms with Gasteiger partial charge in [0, 0.05) is 22.2 Å². The Labute approximate surface area is 93.6 Å². The van der Waals surface area contributed by atoms with Crippen molar-refractivity contribution in [1.29, 1.82) is 0 Å². The molecule has 1 aliphatic heterocycles. The maximum absolute atomic E-state index is 11.1. The number of ether oxygens (including phenoxy) is 1. The van der Waals surface area contributed by atoms with Crippen LogP contribution in [0.2, 0.25) is 0 Å². The first kappa shape index (κ1) is 9.60. The molecule has 0 spiro atoms. The molecule has 16 heavy (non-hydrogen) atoms. The molecule has 82 valence electrons. The van der Waals surface area contributed by atoms with E-state index in [-0.39, 0.29) is 0 Å². The minimum absolute atomic E-state index is 0.328. The van der Waals surface area contributed by atoms with Gasteiger partial charge in [0.1, 0.15) is 0 Å². The Hall–Kier alpha value is -1.61. The van der Waals surface area contributed by atoms with Crippen LogP contribution in [0.4, 0.5) is 0 Å². The molecule has 1 saturated heterocycles. The van der Waals surface area contributed by atoms with Crippen LogP contribution in [-0.2, 0) is 11.3 Å². The zero-order valence-corrected chi connectivity index (χ0v) is 9.14. The summed E-state index contributed by atoms with van der Waals surface area (Å²) in [7, 11) is 0. The maximum atomic E-state index is 11.1. The van der Waals surface area contributed by atoms with Crippen molar-refractivity contribution in [3.05, 3.63) is 35.5 Å². The Morgan fingerprint density at radius 1 is 1.50 bits per heavy atom. The molecule has 1 aromatic heterocycles. The van der Waals surface area contributed by atoms with Crippen molar-refractivity contribution < 1.29 is 9.53 Å². The fourth-order valence-electron chi connectivity index (χ4n) is 2.22. The second-order valence-electron chi connectivity index (χ2n) is 4.20. The van der Waals surface area contributed by atoms with Crippen molar-refractivity contribution in [2.24, 2.45) is 0 Å². The lowest BCUT2D eigenvalue weighted by Gasteiger charge is -2.05. The van der Waals surface area contributed by atoms with Crippen LogP contribution in [0.1, 0.15) is 16.1 Å². The molecule has 3 nitrogen and oxygen atoms in total. The minimum Gasteiger partial charge on any atom is -0.371 e. The van der Waals surface area contributed by atoms with E-state index in [1.807, 2.05) is 25.1 Å². The Kier molecular flexibility index (Phi) is 2.07. The van der Waals surface area contributed by atoms with Crippen molar-refractivity contribution in [3.63, 3.8) is 0 Å². The van der Waals surface area contributed by atoms with E-state index in [0.29, 0.717) is 6.10 Å². The quantitative estimate of drug-likeness (QED) is 0.581. The summed E-state index contributed by atoms with van der Waals surface area (Å²) in [5.74, 6) is 0. The van der Waals surface area contributed by atoms with Crippen LogP contribution < -0.4 is 0 Å². The second-order valence-corrected chi connectivity index (χ2v) is 4.20. The predicted octanol–water partition coefficient (Wildman–Crippen LogP) is 2.16. The van der Waals surface area contributed by atoms with Gasteiger partial charge in [0.2, 0.25) is 0 Å². The van der Waals surface area contributed by atoms with E-state index in [4.69, 9.17) is 4.74 Å². The van der Waals surface area contributed by atoms with E-state index in [1.54, 1.807) is 0 Å². The van der Waals surface area contributed by atoms with Gasteiger partial charge in [-0.3, -0.25) is 4.79 Å². The number of rotatable bonds is 3. The number of aldehydes is 1. The molecule has 2 heterocycles. The molecule has 0 unspecified atom stereocenters. The SMILES string of the molecule is Cc1c(C=O)c2ccccc2n1C[C@H]1CO1. The molecular weight excluding hydrogens is 202 g/mol. The molecule has 3 rings (SSSR count).